The van der Waals surface area contributed by atoms with E-state index in [1.54, 1.807) is 0 Å². The average molecular weight is 283 g/mol. The van der Waals surface area contributed by atoms with Crippen LogP contribution in [0.5, 0.6) is 0 Å². The quantitative estimate of drug-likeness (QED) is 0.584. The molecule has 1 aliphatic heterocycles. The van der Waals surface area contributed by atoms with Gasteiger partial charge in [0.2, 0.25) is 0 Å². The predicted molar refractivity (Wildman–Crippen MR) is 73.2 cm³/mol. The van der Waals surface area contributed by atoms with Crippen molar-refractivity contribution >= 4 is 0 Å². The van der Waals surface area contributed by atoms with E-state index in [0.717, 1.165) is 32.7 Å². The Kier molecular flexibility index (Phi) is 14.9. The van der Waals surface area contributed by atoms with Crippen molar-refractivity contribution in [3.63, 3.8) is 0 Å². The molecule has 1 heterocycles. The van der Waals surface area contributed by atoms with E-state index in [4.69, 9.17) is 0 Å². The van der Waals surface area contributed by atoms with Gasteiger partial charge >= 0.3 is 51.4 Å². The van der Waals surface area contributed by atoms with Gasteiger partial charge < -0.3 is 14.9 Å². The molecule has 0 aromatic rings. The number of hydrogen-bond donors (Lipinski definition) is 0. The first kappa shape index (κ1) is 21.8. The molecule has 0 N–H and O–H groups in total. The monoisotopic (exact) mass is 282 g/mol. The van der Waals surface area contributed by atoms with Gasteiger partial charge in [-0.3, -0.25) is 0 Å². The number of hydrogen-bond acceptors (Lipinski definition) is 3. The van der Waals surface area contributed by atoms with E-state index < -0.39 is 0 Å². The molecule has 4 heteroatoms. The normalized spacial score (nSPS) is 17.7. The summed E-state index contributed by atoms with van der Waals surface area (Å²) in [5.41, 5.74) is 0.437. The summed E-state index contributed by atoms with van der Waals surface area (Å²) in [4.78, 5) is 4.80. The van der Waals surface area contributed by atoms with Gasteiger partial charge in [0.05, 0.1) is 0 Å². The van der Waals surface area contributed by atoms with Crippen LogP contribution < -0.4 is 56.5 Å². The Bertz CT molecular complexity index is 175. The molecule has 1 rings (SSSR count). The molecule has 1 fully saturated rings. The van der Waals surface area contributed by atoms with Crippen LogP contribution in [0, 0.1) is 5.41 Å². The van der Waals surface area contributed by atoms with Gasteiger partial charge in [-0.25, -0.2) is 0 Å². The van der Waals surface area contributed by atoms with E-state index in [1.165, 1.54) is 13.0 Å². The van der Waals surface area contributed by atoms with Gasteiger partial charge in [0.25, 0.3) is 0 Å². The van der Waals surface area contributed by atoms with Gasteiger partial charge in [-0.05, 0) is 24.9 Å². The molecule has 0 atom stereocenters. The molecule has 0 amide bonds. The van der Waals surface area contributed by atoms with Crippen LogP contribution in [0.1, 0.15) is 41.0 Å². The molecule has 1 saturated heterocycles. The molecule has 18 heavy (non-hydrogen) atoms. The SMILES string of the molecule is CC.CC(C)(C)CCN1CCN(CC[O-])CC1.[K+]. The van der Waals surface area contributed by atoms with Crippen molar-refractivity contribution < 1.29 is 56.5 Å². The Morgan fingerprint density at radius 2 is 1.28 bits per heavy atom. The molecular weight excluding hydrogens is 251 g/mol. The standard InChI is InChI=1S/C12H25N2O.C2H6.K/c1-12(2,3)4-5-13-6-8-14(9-7-13)10-11-15;1-2;/h4-11H2,1-3H3;1-2H3;/q-1;;+1. The fraction of sp³-hybridized carbons (Fsp3) is 1.00. The van der Waals surface area contributed by atoms with E-state index in [-0.39, 0.29) is 58.0 Å². The van der Waals surface area contributed by atoms with Gasteiger partial charge in [0.15, 0.2) is 0 Å². The number of piperazine rings is 1. The Balaban J connectivity index is 0. The molecule has 104 valence electrons. The molecule has 0 aliphatic carbocycles. The van der Waals surface area contributed by atoms with Crippen LogP contribution in [0.3, 0.4) is 0 Å². The van der Waals surface area contributed by atoms with E-state index >= 15 is 0 Å². The fourth-order valence-corrected chi connectivity index (χ4v) is 1.86. The van der Waals surface area contributed by atoms with Crippen LogP contribution in [0.2, 0.25) is 0 Å². The first-order chi connectivity index (χ1) is 8.01. The van der Waals surface area contributed by atoms with Gasteiger partial charge in [-0.15, -0.1) is 6.61 Å². The summed E-state index contributed by atoms with van der Waals surface area (Å²) in [5.74, 6) is 0. The molecule has 0 bridgehead atoms. The van der Waals surface area contributed by atoms with E-state index in [1.807, 2.05) is 13.8 Å². The number of nitrogens with zero attached hydrogens (tertiary/aromatic N) is 2. The van der Waals surface area contributed by atoms with Crippen molar-refractivity contribution in [2.45, 2.75) is 41.0 Å². The van der Waals surface area contributed by atoms with E-state index in [2.05, 4.69) is 30.6 Å². The van der Waals surface area contributed by atoms with Crippen molar-refractivity contribution in [2.75, 3.05) is 45.9 Å². The smallest absolute Gasteiger partial charge is 0.854 e. The average Bonchev–Trinajstić information content (AvgIpc) is 2.30. The van der Waals surface area contributed by atoms with E-state index in [0.29, 0.717) is 5.41 Å². The first-order valence-electron chi connectivity index (χ1n) is 7.04. The number of rotatable bonds is 4. The second-order valence-corrected chi connectivity index (χ2v) is 5.70. The third-order valence-corrected chi connectivity index (χ3v) is 3.05. The van der Waals surface area contributed by atoms with Crippen molar-refractivity contribution in [1.29, 1.82) is 0 Å². The minimum atomic E-state index is 0. The maximum atomic E-state index is 10.5. The van der Waals surface area contributed by atoms with Crippen LogP contribution in [0.15, 0.2) is 0 Å². The second-order valence-electron chi connectivity index (χ2n) is 5.70. The Hall–Kier alpha value is 1.52. The Morgan fingerprint density at radius 1 is 0.889 bits per heavy atom. The maximum Gasteiger partial charge on any atom is 1.00 e. The molecule has 3 nitrogen and oxygen atoms in total. The molecule has 1 aliphatic rings. The van der Waals surface area contributed by atoms with Crippen molar-refractivity contribution in [2.24, 2.45) is 5.41 Å². The molecule has 0 saturated carbocycles. The molecular formula is C14H31KN2O. The van der Waals surface area contributed by atoms with Gasteiger partial charge in [0, 0.05) is 26.2 Å². The zero-order valence-electron chi connectivity index (χ0n) is 13.5. The van der Waals surface area contributed by atoms with Crippen LogP contribution in [0.4, 0.5) is 0 Å². The Morgan fingerprint density at radius 3 is 1.61 bits per heavy atom. The minimum absolute atomic E-state index is 0. The van der Waals surface area contributed by atoms with Gasteiger partial charge in [-0.1, -0.05) is 34.6 Å². The van der Waals surface area contributed by atoms with Crippen LogP contribution in [-0.4, -0.2) is 55.7 Å². The summed E-state index contributed by atoms with van der Waals surface area (Å²) in [6, 6.07) is 0. The summed E-state index contributed by atoms with van der Waals surface area (Å²) < 4.78 is 0. The topological polar surface area (TPSA) is 29.5 Å². The van der Waals surface area contributed by atoms with Crippen LogP contribution in [-0.2, 0) is 0 Å². The first-order valence-corrected chi connectivity index (χ1v) is 7.04. The van der Waals surface area contributed by atoms with Crippen LogP contribution >= 0.6 is 0 Å². The third kappa shape index (κ3) is 11.4. The van der Waals surface area contributed by atoms with Gasteiger partial charge in [-0.2, -0.15) is 0 Å². The summed E-state index contributed by atoms with van der Waals surface area (Å²) in [7, 11) is 0. The molecule has 0 radical (unpaired) electrons. The predicted octanol–water partition coefficient (Wildman–Crippen LogP) is -1.57. The molecule has 0 aromatic heterocycles. The van der Waals surface area contributed by atoms with Crippen molar-refractivity contribution in [1.82, 2.24) is 9.80 Å². The molecule has 0 spiro atoms. The van der Waals surface area contributed by atoms with E-state index in [9.17, 15) is 5.11 Å². The van der Waals surface area contributed by atoms with Crippen molar-refractivity contribution in [3.8, 4) is 0 Å². The zero-order valence-corrected chi connectivity index (χ0v) is 16.6. The van der Waals surface area contributed by atoms with Crippen LogP contribution in [0.25, 0.3) is 0 Å². The molecule has 0 aromatic carbocycles. The summed E-state index contributed by atoms with van der Waals surface area (Å²) in [5, 5.41) is 10.5. The maximum absolute atomic E-state index is 10.5. The van der Waals surface area contributed by atoms with Gasteiger partial charge in [0.1, 0.15) is 0 Å². The Labute approximate surface area is 157 Å². The van der Waals surface area contributed by atoms with Crippen molar-refractivity contribution in [3.05, 3.63) is 0 Å². The minimum Gasteiger partial charge on any atom is -0.854 e. The summed E-state index contributed by atoms with van der Waals surface area (Å²) in [6.07, 6.45) is 1.26. The fourth-order valence-electron chi connectivity index (χ4n) is 1.86. The largest absolute Gasteiger partial charge is 1.00 e. The zero-order chi connectivity index (χ0) is 13.3. The molecule has 0 unspecified atom stereocenters. The second kappa shape index (κ2) is 12.3. The third-order valence-electron chi connectivity index (χ3n) is 3.05. The summed E-state index contributed by atoms with van der Waals surface area (Å²) >= 11 is 0. The summed E-state index contributed by atoms with van der Waals surface area (Å²) in [6.45, 7) is 17.3.